The number of amides is 1. The summed E-state index contributed by atoms with van der Waals surface area (Å²) in [7, 11) is -1.93. The fourth-order valence-electron chi connectivity index (χ4n) is 4.29. The molecule has 0 atom stereocenters. The molecule has 8 heteroatoms. The molecule has 2 heterocycles. The van der Waals surface area contributed by atoms with Gasteiger partial charge in [-0.05, 0) is 48.7 Å². The summed E-state index contributed by atoms with van der Waals surface area (Å²) < 4.78 is 33.4. The molecule has 0 unspecified atom stereocenters. The van der Waals surface area contributed by atoms with Crippen LogP contribution >= 0.6 is 0 Å². The third-order valence-electron chi connectivity index (χ3n) is 6.01. The molecule has 0 aliphatic carbocycles. The van der Waals surface area contributed by atoms with Gasteiger partial charge in [0.15, 0.2) is 0 Å². The second-order valence-electron chi connectivity index (χ2n) is 7.93. The Hall–Kier alpha value is -2.58. The molecule has 0 radical (unpaired) electrons. The Balaban J connectivity index is 1.47. The first-order chi connectivity index (χ1) is 14.9. The Morgan fingerprint density at radius 1 is 1.03 bits per heavy atom. The highest BCUT2D eigenvalue weighted by molar-refractivity contribution is 7.89. The molecule has 2 aliphatic heterocycles. The van der Waals surface area contributed by atoms with Crippen LogP contribution in [0.1, 0.15) is 25.3 Å². The molecule has 0 bridgehead atoms. The minimum Gasteiger partial charge on any atom is -0.497 e. The van der Waals surface area contributed by atoms with Crippen LogP contribution in [0.25, 0.3) is 0 Å². The van der Waals surface area contributed by atoms with Gasteiger partial charge in [0, 0.05) is 56.6 Å². The van der Waals surface area contributed by atoms with Crippen molar-refractivity contribution in [3.63, 3.8) is 0 Å². The maximum Gasteiger partial charge on any atom is 0.243 e. The van der Waals surface area contributed by atoms with Crippen LogP contribution in [0.15, 0.2) is 47.4 Å². The van der Waals surface area contributed by atoms with Gasteiger partial charge in [-0.2, -0.15) is 4.31 Å². The molecule has 2 aromatic rings. The third-order valence-corrected chi connectivity index (χ3v) is 7.90. The van der Waals surface area contributed by atoms with Crippen LogP contribution in [-0.2, 0) is 21.2 Å². The number of ether oxygens (including phenoxy) is 1. The quantitative estimate of drug-likeness (QED) is 0.687. The van der Waals surface area contributed by atoms with E-state index in [9.17, 15) is 13.2 Å². The normalized spacial score (nSPS) is 17.0. The number of hydrogen-bond donors (Lipinski definition) is 0. The molecule has 7 nitrogen and oxygen atoms in total. The molecule has 1 fully saturated rings. The lowest BCUT2D eigenvalue weighted by atomic mass is 10.2. The van der Waals surface area contributed by atoms with Crippen LogP contribution in [0.2, 0.25) is 0 Å². The van der Waals surface area contributed by atoms with Gasteiger partial charge in [0.05, 0.1) is 12.0 Å². The molecule has 0 N–H and O–H groups in total. The van der Waals surface area contributed by atoms with Crippen LogP contribution in [-0.4, -0.2) is 58.5 Å². The van der Waals surface area contributed by atoms with E-state index in [1.54, 1.807) is 34.5 Å². The lowest BCUT2D eigenvalue weighted by Crippen LogP contribution is -2.48. The van der Waals surface area contributed by atoms with E-state index >= 15 is 0 Å². The van der Waals surface area contributed by atoms with E-state index in [2.05, 4.69) is 4.90 Å². The van der Waals surface area contributed by atoms with Crippen molar-refractivity contribution < 1.29 is 17.9 Å². The number of anilines is 2. The first kappa shape index (κ1) is 21.6. The fraction of sp³-hybridized carbons (Fsp3) is 0.435. The summed E-state index contributed by atoms with van der Waals surface area (Å²) in [6.07, 6.45) is 2.01. The lowest BCUT2D eigenvalue weighted by Gasteiger charge is -2.35. The summed E-state index contributed by atoms with van der Waals surface area (Å²) in [5.74, 6) is 0.891. The van der Waals surface area contributed by atoms with Crippen molar-refractivity contribution in [2.45, 2.75) is 31.1 Å². The second kappa shape index (κ2) is 8.88. The van der Waals surface area contributed by atoms with Crippen molar-refractivity contribution in [2.24, 2.45) is 0 Å². The van der Waals surface area contributed by atoms with Gasteiger partial charge in [0.1, 0.15) is 5.75 Å². The Labute approximate surface area is 184 Å². The maximum atomic E-state index is 13.3. The molecule has 1 saturated heterocycles. The molecule has 0 spiro atoms. The van der Waals surface area contributed by atoms with Crippen molar-refractivity contribution in [1.82, 2.24) is 4.31 Å². The number of hydrogen-bond acceptors (Lipinski definition) is 5. The van der Waals surface area contributed by atoms with Crippen LogP contribution in [0.3, 0.4) is 0 Å². The predicted octanol–water partition coefficient (Wildman–Crippen LogP) is 2.90. The average Bonchev–Trinajstić information content (AvgIpc) is 3.23. The molecular formula is C23H29N3O4S. The van der Waals surface area contributed by atoms with E-state index in [0.717, 1.165) is 29.1 Å². The number of methoxy groups -OCH3 is 1. The number of fused-ring (bicyclic) bond motifs is 1. The van der Waals surface area contributed by atoms with Crippen molar-refractivity contribution in [1.29, 1.82) is 0 Å². The van der Waals surface area contributed by atoms with Crippen LogP contribution in [0, 0.1) is 0 Å². The Bertz CT molecular complexity index is 1060. The number of carbonyl (C=O) groups is 1. The summed E-state index contributed by atoms with van der Waals surface area (Å²) in [6.45, 7) is 4.71. The number of rotatable bonds is 6. The van der Waals surface area contributed by atoms with Gasteiger partial charge in [-0.15, -0.1) is 0 Å². The predicted molar refractivity (Wildman–Crippen MR) is 121 cm³/mol. The Morgan fingerprint density at radius 2 is 1.81 bits per heavy atom. The number of benzene rings is 2. The monoisotopic (exact) mass is 443 g/mol. The summed E-state index contributed by atoms with van der Waals surface area (Å²) in [6, 6.07) is 13.0. The van der Waals surface area contributed by atoms with Crippen molar-refractivity contribution in [2.75, 3.05) is 49.6 Å². The first-order valence-corrected chi connectivity index (χ1v) is 12.2. The fourth-order valence-corrected chi connectivity index (χ4v) is 5.76. The summed E-state index contributed by atoms with van der Waals surface area (Å²) in [4.78, 5) is 16.6. The van der Waals surface area contributed by atoms with Gasteiger partial charge in [-0.25, -0.2) is 8.42 Å². The zero-order chi connectivity index (χ0) is 22.0. The average molecular weight is 444 g/mol. The SMILES string of the molecule is CCCC(=O)N1CCc2cc(S(=O)(=O)N3CCN(c4cccc(OC)c4)CC3)ccc21. The highest BCUT2D eigenvalue weighted by Gasteiger charge is 2.31. The van der Waals surface area contributed by atoms with Crippen LogP contribution in [0.5, 0.6) is 5.75 Å². The molecule has 1 amide bonds. The molecule has 0 saturated carbocycles. The van der Waals surface area contributed by atoms with Crippen molar-refractivity contribution >= 4 is 27.3 Å². The van der Waals surface area contributed by atoms with Crippen molar-refractivity contribution in [3.8, 4) is 5.75 Å². The minimum atomic E-state index is -3.57. The van der Waals surface area contributed by atoms with Gasteiger partial charge in [0.2, 0.25) is 15.9 Å². The Morgan fingerprint density at radius 3 is 2.52 bits per heavy atom. The molecule has 2 aliphatic rings. The summed E-state index contributed by atoms with van der Waals surface area (Å²) in [5, 5.41) is 0. The van der Waals surface area contributed by atoms with E-state index in [1.807, 2.05) is 31.2 Å². The lowest BCUT2D eigenvalue weighted by molar-refractivity contribution is -0.118. The standard InChI is InChI=1S/C23H29N3O4S/c1-3-5-23(27)26-11-10-18-16-21(8-9-22(18)26)31(28,29)25-14-12-24(13-15-25)19-6-4-7-20(17-19)30-2/h4,6-9,16-17H,3,5,10-15H2,1-2H3. The highest BCUT2D eigenvalue weighted by Crippen LogP contribution is 2.32. The van der Waals surface area contributed by atoms with E-state index in [1.165, 1.54) is 0 Å². The van der Waals surface area contributed by atoms with E-state index < -0.39 is 10.0 Å². The molecule has 31 heavy (non-hydrogen) atoms. The molecule has 0 aromatic heterocycles. The number of piperazine rings is 1. The molecular weight excluding hydrogens is 414 g/mol. The highest BCUT2D eigenvalue weighted by atomic mass is 32.2. The zero-order valence-electron chi connectivity index (χ0n) is 18.1. The van der Waals surface area contributed by atoms with Gasteiger partial charge < -0.3 is 14.5 Å². The first-order valence-electron chi connectivity index (χ1n) is 10.8. The van der Waals surface area contributed by atoms with Crippen LogP contribution < -0.4 is 14.5 Å². The van der Waals surface area contributed by atoms with Gasteiger partial charge >= 0.3 is 0 Å². The van der Waals surface area contributed by atoms with Crippen LogP contribution in [0.4, 0.5) is 11.4 Å². The number of sulfonamides is 1. The van der Waals surface area contributed by atoms with Gasteiger partial charge in [-0.1, -0.05) is 13.0 Å². The molecule has 166 valence electrons. The zero-order valence-corrected chi connectivity index (χ0v) is 18.9. The van der Waals surface area contributed by atoms with Gasteiger partial charge in [-0.3, -0.25) is 4.79 Å². The number of nitrogens with zero attached hydrogens (tertiary/aromatic N) is 3. The minimum absolute atomic E-state index is 0.102. The molecule has 4 rings (SSSR count). The number of carbonyl (C=O) groups excluding carboxylic acids is 1. The topological polar surface area (TPSA) is 70.2 Å². The Kier molecular flexibility index (Phi) is 6.20. The molecule has 2 aromatic carbocycles. The van der Waals surface area contributed by atoms with E-state index in [4.69, 9.17) is 4.74 Å². The summed E-state index contributed by atoms with van der Waals surface area (Å²) >= 11 is 0. The third kappa shape index (κ3) is 4.27. The van der Waals surface area contributed by atoms with Crippen molar-refractivity contribution in [3.05, 3.63) is 48.0 Å². The summed E-state index contributed by atoms with van der Waals surface area (Å²) in [5.41, 5.74) is 2.81. The van der Waals surface area contributed by atoms with Gasteiger partial charge in [0.25, 0.3) is 0 Å². The second-order valence-corrected chi connectivity index (χ2v) is 9.87. The van der Waals surface area contributed by atoms with E-state index in [-0.39, 0.29) is 5.91 Å². The largest absolute Gasteiger partial charge is 0.497 e. The smallest absolute Gasteiger partial charge is 0.243 e. The maximum absolute atomic E-state index is 13.3. The van der Waals surface area contributed by atoms with E-state index in [0.29, 0.717) is 50.5 Å².